The van der Waals surface area contributed by atoms with Crippen molar-refractivity contribution in [1.82, 2.24) is 0 Å². The van der Waals surface area contributed by atoms with E-state index in [1.54, 1.807) is 13.0 Å². The van der Waals surface area contributed by atoms with Crippen LogP contribution < -0.4 is 5.73 Å². The van der Waals surface area contributed by atoms with Crippen LogP contribution in [0.3, 0.4) is 0 Å². The van der Waals surface area contributed by atoms with Gasteiger partial charge in [-0.1, -0.05) is 24.6 Å². The predicted octanol–water partition coefficient (Wildman–Crippen LogP) is 4.06. The molecule has 0 fully saturated rings. The molecule has 2 atom stereocenters. The van der Waals surface area contributed by atoms with Crippen LogP contribution in [-0.4, -0.2) is 17.5 Å². The highest BCUT2D eigenvalue weighted by Crippen LogP contribution is 2.38. The van der Waals surface area contributed by atoms with Crippen LogP contribution in [0.2, 0.25) is 0 Å². The summed E-state index contributed by atoms with van der Waals surface area (Å²) in [5, 5.41) is -1.55. The van der Waals surface area contributed by atoms with Gasteiger partial charge in [-0.15, -0.1) is 11.8 Å². The third-order valence-corrected chi connectivity index (χ3v) is 4.35. The molecule has 0 bridgehead atoms. The first-order chi connectivity index (χ1) is 8.25. The lowest BCUT2D eigenvalue weighted by atomic mass is 10.1. The number of hydrogen-bond donors (Lipinski definition) is 1. The summed E-state index contributed by atoms with van der Waals surface area (Å²) >= 11 is 0.814. The van der Waals surface area contributed by atoms with Crippen molar-refractivity contribution in [3.63, 3.8) is 0 Å². The molecule has 0 spiro atoms. The molecule has 0 amide bonds. The average Bonchev–Trinajstić information content (AvgIpc) is 2.25. The van der Waals surface area contributed by atoms with Gasteiger partial charge in [0.15, 0.2) is 0 Å². The van der Waals surface area contributed by atoms with Crippen molar-refractivity contribution in [2.45, 2.75) is 49.6 Å². The van der Waals surface area contributed by atoms with E-state index in [1.165, 1.54) is 0 Å². The Morgan fingerprint density at radius 3 is 2.33 bits per heavy atom. The molecule has 0 aliphatic rings. The summed E-state index contributed by atoms with van der Waals surface area (Å²) in [5.41, 5.74) is 7.49. The highest BCUT2D eigenvalue weighted by molar-refractivity contribution is 8.00. The summed E-state index contributed by atoms with van der Waals surface area (Å²) in [4.78, 5) is 0.645. The Balaban J connectivity index is 2.96. The van der Waals surface area contributed by atoms with E-state index in [4.69, 9.17) is 5.73 Å². The second-order valence-electron chi connectivity index (χ2n) is 4.42. The van der Waals surface area contributed by atoms with Crippen molar-refractivity contribution in [1.29, 1.82) is 0 Å². The molecule has 102 valence electrons. The molecule has 0 aliphatic carbocycles. The van der Waals surface area contributed by atoms with Gasteiger partial charge < -0.3 is 5.73 Å². The fourth-order valence-corrected chi connectivity index (χ4v) is 2.85. The second-order valence-corrected chi connectivity index (χ2v) is 5.60. The molecule has 1 aromatic rings. The molecule has 1 rings (SSSR count). The van der Waals surface area contributed by atoms with Crippen molar-refractivity contribution in [2.75, 3.05) is 0 Å². The topological polar surface area (TPSA) is 26.0 Å². The number of rotatable bonds is 4. The van der Waals surface area contributed by atoms with E-state index in [2.05, 4.69) is 0 Å². The molecule has 1 aromatic carbocycles. The first-order valence-electron chi connectivity index (χ1n) is 5.82. The lowest BCUT2D eigenvalue weighted by molar-refractivity contribution is -0.132. The van der Waals surface area contributed by atoms with Gasteiger partial charge in [0.25, 0.3) is 0 Å². The molecule has 0 saturated carbocycles. The Morgan fingerprint density at radius 2 is 1.89 bits per heavy atom. The maximum absolute atomic E-state index is 13.0. The molecule has 0 aromatic heterocycles. The van der Waals surface area contributed by atoms with Gasteiger partial charge in [-0.2, -0.15) is 13.2 Å². The van der Waals surface area contributed by atoms with Crippen LogP contribution in [0, 0.1) is 13.8 Å². The van der Waals surface area contributed by atoms with E-state index >= 15 is 0 Å². The van der Waals surface area contributed by atoms with E-state index < -0.39 is 17.5 Å². The highest BCUT2D eigenvalue weighted by Gasteiger charge is 2.43. The molecule has 1 nitrogen and oxygen atoms in total. The zero-order valence-corrected chi connectivity index (χ0v) is 11.5. The lowest BCUT2D eigenvalue weighted by Gasteiger charge is -2.25. The first-order valence-corrected chi connectivity index (χ1v) is 6.70. The van der Waals surface area contributed by atoms with Gasteiger partial charge in [0.1, 0.15) is 5.25 Å². The highest BCUT2D eigenvalue weighted by atomic mass is 32.2. The van der Waals surface area contributed by atoms with E-state index in [0.717, 1.165) is 22.9 Å². The number of aryl methyl sites for hydroxylation is 2. The van der Waals surface area contributed by atoms with Crippen molar-refractivity contribution in [3.8, 4) is 0 Å². The fourth-order valence-electron chi connectivity index (χ4n) is 1.68. The number of halogens is 3. The van der Waals surface area contributed by atoms with Crippen LogP contribution in [0.4, 0.5) is 13.2 Å². The van der Waals surface area contributed by atoms with Crippen LogP contribution in [0.15, 0.2) is 23.1 Å². The lowest BCUT2D eigenvalue weighted by Crippen LogP contribution is -2.42. The van der Waals surface area contributed by atoms with Gasteiger partial charge in [-0.25, -0.2) is 0 Å². The Morgan fingerprint density at radius 1 is 1.28 bits per heavy atom. The van der Waals surface area contributed by atoms with E-state index in [1.807, 2.05) is 26.0 Å². The second kappa shape index (κ2) is 5.97. The number of thioether (sulfide) groups is 1. The number of nitrogens with two attached hydrogens (primary N) is 1. The summed E-state index contributed by atoms with van der Waals surface area (Å²) in [6, 6.07) is 4.56. The SMILES string of the molecule is CCC(N)C(Sc1ccc(C)cc1C)C(F)(F)F. The zero-order chi connectivity index (χ0) is 13.9. The van der Waals surface area contributed by atoms with Crippen molar-refractivity contribution < 1.29 is 13.2 Å². The summed E-state index contributed by atoms with van der Waals surface area (Å²) in [7, 11) is 0. The van der Waals surface area contributed by atoms with Gasteiger partial charge >= 0.3 is 6.18 Å². The Hall–Kier alpha value is -0.680. The third kappa shape index (κ3) is 3.92. The zero-order valence-electron chi connectivity index (χ0n) is 10.7. The molecule has 0 aliphatic heterocycles. The number of hydrogen-bond acceptors (Lipinski definition) is 2. The van der Waals surface area contributed by atoms with Crippen LogP contribution in [0.25, 0.3) is 0 Å². The molecule has 0 heterocycles. The minimum atomic E-state index is -4.28. The van der Waals surface area contributed by atoms with E-state index in [9.17, 15) is 13.2 Å². The summed E-state index contributed by atoms with van der Waals surface area (Å²) in [6.07, 6.45) is -3.97. The molecule has 2 unspecified atom stereocenters. The Kier molecular flexibility index (Phi) is 5.10. The Labute approximate surface area is 110 Å². The van der Waals surface area contributed by atoms with Gasteiger partial charge in [-0.05, 0) is 31.9 Å². The van der Waals surface area contributed by atoms with Crippen molar-refractivity contribution in [2.24, 2.45) is 5.73 Å². The monoisotopic (exact) mass is 277 g/mol. The minimum Gasteiger partial charge on any atom is -0.326 e. The van der Waals surface area contributed by atoms with Crippen molar-refractivity contribution >= 4 is 11.8 Å². The molecular weight excluding hydrogens is 259 g/mol. The molecule has 18 heavy (non-hydrogen) atoms. The maximum Gasteiger partial charge on any atom is 0.402 e. The van der Waals surface area contributed by atoms with Crippen LogP contribution in [0.1, 0.15) is 24.5 Å². The summed E-state index contributed by atoms with van der Waals surface area (Å²) < 4.78 is 38.9. The van der Waals surface area contributed by atoms with Gasteiger partial charge in [-0.3, -0.25) is 0 Å². The quantitative estimate of drug-likeness (QED) is 0.840. The Bertz CT molecular complexity index is 404. The molecule has 2 N–H and O–H groups in total. The predicted molar refractivity (Wildman–Crippen MR) is 69.9 cm³/mol. The normalized spacial score (nSPS) is 15.5. The van der Waals surface area contributed by atoms with E-state index in [-0.39, 0.29) is 0 Å². The fraction of sp³-hybridized carbons (Fsp3) is 0.538. The first kappa shape index (κ1) is 15.4. The maximum atomic E-state index is 13.0. The largest absolute Gasteiger partial charge is 0.402 e. The summed E-state index contributed by atoms with van der Waals surface area (Å²) in [6.45, 7) is 5.41. The minimum absolute atomic E-state index is 0.308. The van der Waals surface area contributed by atoms with Crippen LogP contribution in [-0.2, 0) is 0 Å². The van der Waals surface area contributed by atoms with Gasteiger partial charge in [0, 0.05) is 10.9 Å². The molecular formula is C13H18F3NS. The third-order valence-electron chi connectivity index (χ3n) is 2.77. The summed E-state index contributed by atoms with van der Waals surface area (Å²) in [5.74, 6) is 0. The number of alkyl halides is 3. The van der Waals surface area contributed by atoms with Gasteiger partial charge in [0.2, 0.25) is 0 Å². The molecule has 5 heteroatoms. The van der Waals surface area contributed by atoms with Gasteiger partial charge in [0.05, 0.1) is 0 Å². The van der Waals surface area contributed by atoms with Crippen LogP contribution in [0.5, 0.6) is 0 Å². The number of benzene rings is 1. The average molecular weight is 277 g/mol. The van der Waals surface area contributed by atoms with Crippen LogP contribution >= 0.6 is 11.8 Å². The molecule has 0 saturated heterocycles. The molecule has 0 radical (unpaired) electrons. The standard InChI is InChI=1S/C13H18F3NS/c1-4-10(17)12(13(14,15)16)18-11-6-5-8(2)7-9(11)3/h5-7,10,12H,4,17H2,1-3H3. The smallest absolute Gasteiger partial charge is 0.326 e. The van der Waals surface area contributed by atoms with Crippen molar-refractivity contribution in [3.05, 3.63) is 29.3 Å². The van der Waals surface area contributed by atoms with E-state index in [0.29, 0.717) is 11.3 Å².